The maximum atomic E-state index is 11.7. The van der Waals surface area contributed by atoms with Crippen molar-refractivity contribution >= 4 is 17.6 Å². The van der Waals surface area contributed by atoms with E-state index in [9.17, 15) is 15.0 Å². The lowest BCUT2D eigenvalue weighted by atomic mass is 10.1. The van der Waals surface area contributed by atoms with Gasteiger partial charge >= 0.3 is 5.69 Å². The second kappa shape index (κ2) is 5.24. The van der Waals surface area contributed by atoms with Crippen LogP contribution in [0.4, 0.5) is 5.82 Å². The molecule has 5 N–H and O–H groups in total. The van der Waals surface area contributed by atoms with Crippen LogP contribution in [0.3, 0.4) is 0 Å². The van der Waals surface area contributed by atoms with Crippen LogP contribution in [0.2, 0.25) is 0 Å². The van der Waals surface area contributed by atoms with Gasteiger partial charge in [-0.1, -0.05) is 0 Å². The Morgan fingerprint density at radius 1 is 1.44 bits per heavy atom. The molecule has 0 amide bonds. The molecule has 1 aromatic rings. The van der Waals surface area contributed by atoms with Crippen molar-refractivity contribution in [3.05, 3.63) is 22.7 Å². The monoisotopic (exact) mass is 275 g/mol. The van der Waals surface area contributed by atoms with Crippen LogP contribution in [0.25, 0.3) is 0 Å². The zero-order valence-corrected chi connectivity index (χ0v) is 9.99. The maximum Gasteiger partial charge on any atom is 0.350 e. The normalized spacial score (nSPS) is 31.6. The SMILES string of the molecule is O=c1nc(NO)ccn1[C@@H]1S[C@H](CO)C(O)C1O. The Labute approximate surface area is 106 Å². The molecule has 0 aliphatic carbocycles. The Morgan fingerprint density at radius 3 is 2.67 bits per heavy atom. The Hall–Kier alpha value is -1.13. The molecule has 2 rings (SSSR count). The Bertz CT molecular complexity index is 482. The van der Waals surface area contributed by atoms with Gasteiger partial charge in [-0.25, -0.2) is 4.79 Å². The van der Waals surface area contributed by atoms with Crippen molar-refractivity contribution in [2.75, 3.05) is 12.1 Å². The molecule has 8 nitrogen and oxygen atoms in total. The van der Waals surface area contributed by atoms with E-state index in [0.29, 0.717) is 0 Å². The zero-order valence-electron chi connectivity index (χ0n) is 9.17. The van der Waals surface area contributed by atoms with Crippen LogP contribution in [0.15, 0.2) is 17.1 Å². The summed E-state index contributed by atoms with van der Waals surface area (Å²) in [4.78, 5) is 15.2. The van der Waals surface area contributed by atoms with Crippen LogP contribution in [-0.2, 0) is 0 Å². The molecule has 18 heavy (non-hydrogen) atoms. The van der Waals surface area contributed by atoms with Crippen LogP contribution in [0.1, 0.15) is 5.37 Å². The molecule has 1 aromatic heterocycles. The number of aliphatic hydroxyl groups is 3. The summed E-state index contributed by atoms with van der Waals surface area (Å²) in [7, 11) is 0. The van der Waals surface area contributed by atoms with E-state index in [1.165, 1.54) is 12.3 Å². The van der Waals surface area contributed by atoms with Gasteiger partial charge in [0.15, 0.2) is 5.82 Å². The third kappa shape index (κ3) is 2.22. The molecule has 0 bridgehead atoms. The van der Waals surface area contributed by atoms with Crippen LogP contribution < -0.4 is 11.2 Å². The number of nitrogens with zero attached hydrogens (tertiary/aromatic N) is 2. The third-order valence-electron chi connectivity index (χ3n) is 2.74. The lowest BCUT2D eigenvalue weighted by Crippen LogP contribution is -2.35. The lowest BCUT2D eigenvalue weighted by Gasteiger charge is -2.17. The second-order valence-electron chi connectivity index (χ2n) is 3.84. The van der Waals surface area contributed by atoms with E-state index in [-0.39, 0.29) is 12.4 Å². The van der Waals surface area contributed by atoms with Crippen molar-refractivity contribution in [3.8, 4) is 0 Å². The number of rotatable bonds is 3. The molecule has 9 heteroatoms. The number of thioether (sulfide) groups is 1. The summed E-state index contributed by atoms with van der Waals surface area (Å²) >= 11 is 1.10. The van der Waals surface area contributed by atoms with Crippen LogP contribution >= 0.6 is 11.8 Å². The van der Waals surface area contributed by atoms with Gasteiger partial charge in [0.2, 0.25) is 0 Å². The van der Waals surface area contributed by atoms with Gasteiger partial charge in [-0.2, -0.15) is 4.98 Å². The molecule has 0 saturated carbocycles. The van der Waals surface area contributed by atoms with E-state index in [0.717, 1.165) is 16.3 Å². The molecule has 1 fully saturated rings. The van der Waals surface area contributed by atoms with E-state index in [1.54, 1.807) is 5.48 Å². The molecule has 100 valence electrons. The smallest absolute Gasteiger partial charge is 0.350 e. The molecule has 0 aromatic carbocycles. The van der Waals surface area contributed by atoms with E-state index in [4.69, 9.17) is 10.3 Å². The predicted molar refractivity (Wildman–Crippen MR) is 63.4 cm³/mol. The number of aromatic nitrogens is 2. The number of hydrogen-bond acceptors (Lipinski definition) is 8. The summed E-state index contributed by atoms with van der Waals surface area (Å²) in [5.74, 6) is -0.00649. The molecular weight excluding hydrogens is 262 g/mol. The highest BCUT2D eigenvalue weighted by atomic mass is 32.2. The Balaban J connectivity index is 2.30. The van der Waals surface area contributed by atoms with Crippen molar-refractivity contribution in [1.29, 1.82) is 0 Å². The van der Waals surface area contributed by atoms with Crippen LogP contribution in [0, 0.1) is 0 Å². The van der Waals surface area contributed by atoms with E-state index in [1.807, 2.05) is 0 Å². The number of aliphatic hydroxyl groups excluding tert-OH is 3. The first kappa shape index (κ1) is 13.3. The van der Waals surface area contributed by atoms with E-state index in [2.05, 4.69) is 4.98 Å². The third-order valence-corrected chi connectivity index (χ3v) is 4.30. The molecule has 1 saturated heterocycles. The van der Waals surface area contributed by atoms with Gasteiger partial charge in [-0.15, -0.1) is 11.8 Å². The molecule has 4 atom stereocenters. The molecule has 1 aliphatic rings. The first-order chi connectivity index (χ1) is 8.58. The average Bonchev–Trinajstić information content (AvgIpc) is 2.66. The van der Waals surface area contributed by atoms with E-state index >= 15 is 0 Å². The summed E-state index contributed by atoms with van der Waals surface area (Å²) < 4.78 is 1.15. The highest BCUT2D eigenvalue weighted by Gasteiger charge is 2.43. The van der Waals surface area contributed by atoms with Gasteiger partial charge in [-0.3, -0.25) is 15.3 Å². The summed E-state index contributed by atoms with van der Waals surface area (Å²) in [6, 6.07) is 1.35. The largest absolute Gasteiger partial charge is 0.395 e. The van der Waals surface area contributed by atoms with Crippen molar-refractivity contribution in [3.63, 3.8) is 0 Å². The second-order valence-corrected chi connectivity index (χ2v) is 5.20. The highest BCUT2D eigenvalue weighted by molar-refractivity contribution is 8.00. The molecule has 1 aliphatic heterocycles. The van der Waals surface area contributed by atoms with Gasteiger partial charge in [-0.05, 0) is 6.07 Å². The summed E-state index contributed by atoms with van der Waals surface area (Å²) in [5, 5.41) is 35.9. The molecular formula is C9H13N3O5S. The standard InChI is InChI=1S/C9H13N3O5S/c13-3-4-6(14)7(15)8(18-4)12-2-1-5(11-17)10-9(12)16/h1-2,4,6-8,13-15,17H,3H2,(H,10,11,16)/t4-,6?,7?,8-/m1/s1. The van der Waals surface area contributed by atoms with Gasteiger partial charge in [0.25, 0.3) is 0 Å². The number of anilines is 1. The van der Waals surface area contributed by atoms with Crippen molar-refractivity contribution in [1.82, 2.24) is 9.55 Å². The predicted octanol–water partition coefficient (Wildman–Crippen LogP) is -1.63. The molecule has 0 radical (unpaired) electrons. The topological polar surface area (TPSA) is 128 Å². The molecule has 2 unspecified atom stereocenters. The quantitative estimate of drug-likeness (QED) is 0.416. The summed E-state index contributed by atoms with van der Waals surface area (Å²) in [5.41, 5.74) is 1.07. The fourth-order valence-corrected chi connectivity index (χ4v) is 3.16. The van der Waals surface area contributed by atoms with Crippen LogP contribution in [0.5, 0.6) is 0 Å². The minimum atomic E-state index is -1.17. The minimum absolute atomic E-state index is 0.00649. The Morgan fingerprint density at radius 2 is 2.17 bits per heavy atom. The first-order valence-corrected chi connectivity index (χ1v) is 6.14. The number of nitrogens with one attached hydrogen (secondary N) is 1. The zero-order chi connectivity index (χ0) is 13.3. The van der Waals surface area contributed by atoms with Gasteiger partial charge < -0.3 is 15.3 Å². The maximum absolute atomic E-state index is 11.7. The summed E-state index contributed by atoms with van der Waals surface area (Å²) in [6.07, 6.45) is -0.923. The fraction of sp³-hybridized carbons (Fsp3) is 0.556. The molecule has 0 spiro atoms. The van der Waals surface area contributed by atoms with Crippen molar-refractivity contribution < 1.29 is 20.5 Å². The van der Waals surface area contributed by atoms with Gasteiger partial charge in [0.05, 0.1) is 18.0 Å². The van der Waals surface area contributed by atoms with Crippen molar-refractivity contribution in [2.24, 2.45) is 0 Å². The van der Waals surface area contributed by atoms with Gasteiger partial charge in [0, 0.05) is 6.20 Å². The molecule has 2 heterocycles. The Kier molecular flexibility index (Phi) is 3.88. The van der Waals surface area contributed by atoms with Crippen molar-refractivity contribution in [2.45, 2.75) is 22.8 Å². The average molecular weight is 275 g/mol. The summed E-state index contributed by atoms with van der Waals surface area (Å²) in [6.45, 7) is -0.294. The minimum Gasteiger partial charge on any atom is -0.395 e. The highest BCUT2D eigenvalue weighted by Crippen LogP contribution is 2.40. The number of hydrogen-bond donors (Lipinski definition) is 5. The van der Waals surface area contributed by atoms with Gasteiger partial charge in [0.1, 0.15) is 11.5 Å². The van der Waals surface area contributed by atoms with Crippen LogP contribution in [-0.4, -0.2) is 54.1 Å². The van der Waals surface area contributed by atoms with E-state index < -0.39 is 28.5 Å². The first-order valence-electron chi connectivity index (χ1n) is 5.20. The lowest BCUT2D eigenvalue weighted by molar-refractivity contribution is 0.0101. The fourth-order valence-electron chi connectivity index (χ4n) is 1.78.